The van der Waals surface area contributed by atoms with Crippen molar-refractivity contribution in [2.24, 2.45) is 10.2 Å². The summed E-state index contributed by atoms with van der Waals surface area (Å²) in [7, 11) is 0. The van der Waals surface area contributed by atoms with Gasteiger partial charge < -0.3 is 9.47 Å². The van der Waals surface area contributed by atoms with Gasteiger partial charge in [-0.2, -0.15) is 10.2 Å². The second-order valence-electron chi connectivity index (χ2n) is 7.29. The van der Waals surface area contributed by atoms with Gasteiger partial charge in [-0.05, 0) is 58.8 Å². The molecule has 0 fully saturated rings. The maximum absolute atomic E-state index is 11.6. The molecule has 1 aliphatic rings. The van der Waals surface area contributed by atoms with Crippen molar-refractivity contribution in [2.75, 3.05) is 13.2 Å². The van der Waals surface area contributed by atoms with Crippen molar-refractivity contribution in [1.82, 2.24) is 0 Å². The van der Waals surface area contributed by atoms with Crippen LogP contribution in [0.2, 0.25) is 0 Å². The van der Waals surface area contributed by atoms with Crippen molar-refractivity contribution < 1.29 is 19.1 Å². The van der Waals surface area contributed by atoms with Crippen molar-refractivity contribution in [3.63, 3.8) is 0 Å². The van der Waals surface area contributed by atoms with Gasteiger partial charge in [0.1, 0.15) is 0 Å². The third kappa shape index (κ3) is 14.1. The van der Waals surface area contributed by atoms with Crippen molar-refractivity contribution in [3.05, 3.63) is 0 Å². The maximum atomic E-state index is 11.6. The molecule has 0 saturated carbocycles. The Bertz CT molecular complexity index is 456. The van der Waals surface area contributed by atoms with Gasteiger partial charge in [0.2, 0.25) is 0 Å². The van der Waals surface area contributed by atoms with Crippen LogP contribution in [-0.4, -0.2) is 36.6 Å². The highest BCUT2D eigenvalue weighted by atomic mass is 16.5. The molecule has 27 heavy (non-hydrogen) atoms. The van der Waals surface area contributed by atoms with E-state index in [1.807, 2.05) is 13.8 Å². The largest absolute Gasteiger partial charge is 0.466 e. The van der Waals surface area contributed by atoms with Crippen molar-refractivity contribution in [1.29, 1.82) is 0 Å². The van der Waals surface area contributed by atoms with E-state index in [1.54, 1.807) is 0 Å². The number of rotatable bonds is 0. The SMILES string of the molecule is C/C1=N/N=C(/C)CCCCCCOC(=O)CCCC(=O)OCCCCCC1. The molecule has 0 radical (unpaired) electrons. The molecule has 0 saturated heterocycles. The Kier molecular flexibility index (Phi) is 13.3. The van der Waals surface area contributed by atoms with Crippen LogP contribution in [0.3, 0.4) is 0 Å². The van der Waals surface area contributed by atoms with Gasteiger partial charge in [-0.25, -0.2) is 0 Å². The molecule has 6 heteroatoms. The third-order valence-electron chi connectivity index (χ3n) is 4.55. The van der Waals surface area contributed by atoms with Gasteiger partial charge in [0.15, 0.2) is 0 Å². The van der Waals surface area contributed by atoms with Crippen LogP contribution in [-0.2, 0) is 19.1 Å². The van der Waals surface area contributed by atoms with Crippen LogP contribution < -0.4 is 0 Å². The fourth-order valence-corrected chi connectivity index (χ4v) is 2.84. The average Bonchev–Trinajstić information content (AvgIpc) is 2.64. The highest BCUT2D eigenvalue weighted by Gasteiger charge is 2.07. The van der Waals surface area contributed by atoms with Crippen LogP contribution in [0.5, 0.6) is 0 Å². The summed E-state index contributed by atoms with van der Waals surface area (Å²) in [5.41, 5.74) is 2.14. The molecule has 0 aromatic rings. The molecule has 0 aliphatic carbocycles. The molecule has 6 nitrogen and oxygen atoms in total. The lowest BCUT2D eigenvalue weighted by atomic mass is 10.1. The highest BCUT2D eigenvalue weighted by Crippen LogP contribution is 2.08. The summed E-state index contributed by atoms with van der Waals surface area (Å²) in [5, 5.41) is 8.65. The summed E-state index contributed by atoms with van der Waals surface area (Å²) in [4.78, 5) is 23.3. The molecule has 0 bridgehead atoms. The molecule has 0 N–H and O–H groups in total. The van der Waals surface area contributed by atoms with Crippen LogP contribution in [0, 0.1) is 0 Å². The molecule has 0 aromatic carbocycles. The van der Waals surface area contributed by atoms with E-state index in [2.05, 4.69) is 10.2 Å². The Morgan fingerprint density at radius 2 is 0.963 bits per heavy atom. The Morgan fingerprint density at radius 1 is 0.556 bits per heavy atom. The van der Waals surface area contributed by atoms with Crippen molar-refractivity contribution in [3.8, 4) is 0 Å². The molecule has 1 rings (SSSR count). The second-order valence-corrected chi connectivity index (χ2v) is 7.29. The number of hydrogen-bond acceptors (Lipinski definition) is 6. The molecular weight excluding hydrogens is 344 g/mol. The van der Waals surface area contributed by atoms with Crippen LogP contribution in [0.1, 0.15) is 97.3 Å². The van der Waals surface area contributed by atoms with Gasteiger partial charge in [-0.1, -0.05) is 25.7 Å². The first-order valence-corrected chi connectivity index (χ1v) is 10.5. The Labute approximate surface area is 163 Å². The van der Waals surface area contributed by atoms with Gasteiger partial charge >= 0.3 is 11.9 Å². The maximum Gasteiger partial charge on any atom is 0.305 e. The number of esters is 2. The van der Waals surface area contributed by atoms with Gasteiger partial charge in [-0.15, -0.1) is 0 Å². The summed E-state index contributed by atoms with van der Waals surface area (Å²) < 4.78 is 10.4. The Balaban J connectivity index is 2.39. The first kappa shape index (κ1) is 23.3. The second kappa shape index (κ2) is 15.3. The van der Waals surface area contributed by atoms with Gasteiger partial charge in [0.05, 0.1) is 13.2 Å². The first-order chi connectivity index (χ1) is 13.1. The third-order valence-corrected chi connectivity index (χ3v) is 4.55. The zero-order valence-electron chi connectivity index (χ0n) is 17.1. The number of carbonyl (C=O) groups is 2. The minimum atomic E-state index is -0.225. The van der Waals surface area contributed by atoms with Crippen LogP contribution in [0.15, 0.2) is 10.2 Å². The van der Waals surface area contributed by atoms with Gasteiger partial charge in [0, 0.05) is 24.3 Å². The van der Waals surface area contributed by atoms with Gasteiger partial charge in [0.25, 0.3) is 0 Å². The standard InChI is InChI=1S/C21H36N2O4/c1-18-12-7-3-5-9-16-26-20(24)14-11-15-21(25)27-17-10-6-4-8-13-19(2)23-22-18/h3-17H2,1-2H3/b22-18-,23-19-. The predicted molar refractivity (Wildman–Crippen MR) is 108 cm³/mol. The van der Waals surface area contributed by atoms with E-state index < -0.39 is 0 Å². The number of hydrogen-bond donors (Lipinski definition) is 0. The minimum Gasteiger partial charge on any atom is -0.466 e. The van der Waals surface area contributed by atoms with E-state index in [1.165, 1.54) is 0 Å². The topological polar surface area (TPSA) is 77.3 Å². The van der Waals surface area contributed by atoms with Gasteiger partial charge in [-0.3, -0.25) is 9.59 Å². The van der Waals surface area contributed by atoms with E-state index in [-0.39, 0.29) is 24.8 Å². The number of cyclic esters (lactones) is 2. The normalized spacial score (nSPS) is 25.3. The summed E-state index contributed by atoms with van der Waals surface area (Å²) in [6.45, 7) is 4.97. The quantitative estimate of drug-likeness (QED) is 0.554. The van der Waals surface area contributed by atoms with E-state index in [0.717, 1.165) is 75.6 Å². The zero-order chi connectivity index (χ0) is 19.7. The summed E-state index contributed by atoms with van der Waals surface area (Å²) in [6.07, 6.45) is 11.2. The van der Waals surface area contributed by atoms with E-state index in [4.69, 9.17) is 9.47 Å². The molecule has 0 atom stereocenters. The molecule has 0 amide bonds. The van der Waals surface area contributed by atoms with E-state index in [9.17, 15) is 9.59 Å². The monoisotopic (exact) mass is 380 g/mol. The average molecular weight is 381 g/mol. The Hall–Kier alpha value is -1.72. The zero-order valence-corrected chi connectivity index (χ0v) is 17.1. The molecular formula is C21H36N2O4. The summed E-state index contributed by atoms with van der Waals surface area (Å²) in [6, 6.07) is 0. The predicted octanol–water partition coefficient (Wildman–Crippen LogP) is 4.99. The lowest BCUT2D eigenvalue weighted by Crippen LogP contribution is -2.09. The molecule has 1 aliphatic heterocycles. The molecule has 154 valence electrons. The van der Waals surface area contributed by atoms with Crippen LogP contribution in [0.4, 0.5) is 0 Å². The molecule has 0 unspecified atom stereocenters. The van der Waals surface area contributed by atoms with Crippen molar-refractivity contribution in [2.45, 2.75) is 97.3 Å². The minimum absolute atomic E-state index is 0.225. The molecule has 0 aromatic heterocycles. The lowest BCUT2D eigenvalue weighted by molar-refractivity contribution is -0.145. The van der Waals surface area contributed by atoms with Crippen LogP contribution >= 0.6 is 0 Å². The first-order valence-electron chi connectivity index (χ1n) is 10.5. The van der Waals surface area contributed by atoms with Crippen LogP contribution in [0.25, 0.3) is 0 Å². The van der Waals surface area contributed by atoms with Crippen molar-refractivity contribution >= 4 is 23.4 Å². The Morgan fingerprint density at radius 3 is 1.41 bits per heavy atom. The lowest BCUT2D eigenvalue weighted by Gasteiger charge is -2.06. The van der Waals surface area contributed by atoms with E-state index >= 15 is 0 Å². The number of ether oxygens (including phenoxy) is 2. The summed E-state index contributed by atoms with van der Waals surface area (Å²) in [5.74, 6) is -0.449. The number of carbonyl (C=O) groups excluding carboxylic acids is 2. The molecule has 0 spiro atoms. The highest BCUT2D eigenvalue weighted by molar-refractivity contribution is 5.85. The fourth-order valence-electron chi connectivity index (χ4n) is 2.84. The number of nitrogens with zero attached hydrogens (tertiary/aromatic N) is 2. The molecule has 1 heterocycles. The van der Waals surface area contributed by atoms with E-state index in [0.29, 0.717) is 19.6 Å². The smallest absolute Gasteiger partial charge is 0.305 e. The fraction of sp³-hybridized carbons (Fsp3) is 0.810. The summed E-state index contributed by atoms with van der Waals surface area (Å²) >= 11 is 0.